The first-order valence-electron chi connectivity index (χ1n) is 19.5. The van der Waals surface area contributed by atoms with Crippen molar-refractivity contribution in [3.63, 3.8) is 0 Å². The van der Waals surface area contributed by atoms with Crippen LogP contribution in [0.3, 0.4) is 0 Å². The van der Waals surface area contributed by atoms with Gasteiger partial charge in [-0.2, -0.15) is 0 Å². The molecule has 0 aromatic carbocycles. The predicted octanol–water partition coefficient (Wildman–Crippen LogP) is 9.97. The maximum absolute atomic E-state index is 12.5. The van der Waals surface area contributed by atoms with E-state index in [-0.39, 0.29) is 25.6 Å². The second kappa shape index (κ2) is 35.3. The highest BCUT2D eigenvalue weighted by molar-refractivity contribution is 7.47. The number of carbonyl (C=O) groups excluding carboxylic acids is 1. The maximum atomic E-state index is 12.5. The fourth-order valence-electron chi connectivity index (χ4n) is 5.53. The molecule has 3 unspecified atom stereocenters. The van der Waals surface area contributed by atoms with Crippen molar-refractivity contribution in [2.45, 2.75) is 199 Å². The Kier molecular flexibility index (Phi) is 34.9. The number of carbonyl (C=O) groups is 1. The Morgan fingerprint density at radius 2 is 0.957 bits per heavy atom. The van der Waals surface area contributed by atoms with Crippen LogP contribution in [0, 0.1) is 0 Å². The lowest BCUT2D eigenvalue weighted by atomic mass is 10.0. The van der Waals surface area contributed by atoms with E-state index in [1.54, 1.807) is 0 Å². The number of hydrogen-bond acceptors (Lipinski definition) is 8. The number of esters is 1. The smallest absolute Gasteiger partial charge is 0.457 e. The van der Waals surface area contributed by atoms with Gasteiger partial charge in [0.15, 0.2) is 0 Å². The summed E-state index contributed by atoms with van der Waals surface area (Å²) in [5, 5.41) is 18.3. The third-order valence-electron chi connectivity index (χ3n) is 8.54. The fraction of sp³-hybridized carbons (Fsp3) is 0.973. The van der Waals surface area contributed by atoms with Gasteiger partial charge in [0.2, 0.25) is 0 Å². The lowest BCUT2D eigenvalue weighted by Crippen LogP contribution is -2.29. The highest BCUT2D eigenvalue weighted by Gasteiger charge is 2.26. The van der Waals surface area contributed by atoms with Gasteiger partial charge in [0.25, 0.3) is 0 Å². The minimum Gasteiger partial charge on any atom is -0.457 e. The molecular formula is C37H75O9P. The zero-order chi connectivity index (χ0) is 34.7. The Bertz CT molecular complexity index is 709. The monoisotopic (exact) mass is 695 g/mol. The number of unbranched alkanes of at least 4 members (excludes halogenated alkanes) is 24. The van der Waals surface area contributed by atoms with Crippen molar-refractivity contribution in [2.24, 2.45) is 0 Å². The molecule has 0 aliphatic rings. The first kappa shape index (κ1) is 46.5. The van der Waals surface area contributed by atoms with Crippen LogP contribution in [0.4, 0.5) is 0 Å². The summed E-state index contributed by atoms with van der Waals surface area (Å²) in [6.45, 7) is 3.54. The van der Waals surface area contributed by atoms with Crippen molar-refractivity contribution in [1.82, 2.24) is 0 Å². The van der Waals surface area contributed by atoms with Crippen LogP contribution in [0.15, 0.2) is 0 Å². The molecule has 0 amide bonds. The van der Waals surface area contributed by atoms with Gasteiger partial charge in [-0.25, -0.2) is 4.57 Å². The summed E-state index contributed by atoms with van der Waals surface area (Å²) in [5.74, 6) is -0.379. The van der Waals surface area contributed by atoms with Gasteiger partial charge >= 0.3 is 13.8 Å². The number of phosphoric ester groups is 1. The third kappa shape index (κ3) is 35.1. The minimum absolute atomic E-state index is 0.0569. The summed E-state index contributed by atoms with van der Waals surface area (Å²) in [6, 6.07) is 0. The van der Waals surface area contributed by atoms with Gasteiger partial charge in [-0.3, -0.25) is 13.8 Å². The molecule has 0 saturated carbocycles. The third-order valence-corrected chi connectivity index (χ3v) is 9.49. The number of aliphatic hydroxyl groups excluding tert-OH is 2. The molecule has 0 aromatic rings. The minimum atomic E-state index is -4.50. The van der Waals surface area contributed by atoms with Crippen LogP contribution in [0.1, 0.15) is 187 Å². The molecule has 3 atom stereocenters. The van der Waals surface area contributed by atoms with E-state index >= 15 is 0 Å². The Balaban J connectivity index is 4.15. The number of aliphatic hydroxyl groups is 2. The number of hydrogen-bond donors (Lipinski definition) is 3. The first-order valence-corrected chi connectivity index (χ1v) is 21.0. The molecule has 47 heavy (non-hydrogen) atoms. The summed E-state index contributed by atoms with van der Waals surface area (Å²) in [4.78, 5) is 22.5. The van der Waals surface area contributed by atoms with E-state index in [9.17, 15) is 19.4 Å². The van der Waals surface area contributed by atoms with Crippen LogP contribution >= 0.6 is 7.82 Å². The molecule has 0 aliphatic heterocycles. The van der Waals surface area contributed by atoms with Crippen LogP contribution in [-0.2, 0) is 27.9 Å². The average molecular weight is 695 g/mol. The van der Waals surface area contributed by atoms with Crippen LogP contribution in [0.2, 0.25) is 0 Å². The molecule has 0 heterocycles. The molecule has 282 valence electrons. The largest absolute Gasteiger partial charge is 0.472 e. The SMILES string of the molecule is CCCCCCCCCCCCCCCCCCC(=O)OC(COCCCCCCCCCCCC)COP(=O)(O)OCC(O)CO. The molecule has 0 aromatic heterocycles. The standard InChI is InChI=1S/C37H75O9P/c1-3-5-7-9-11-13-15-16-17-18-19-20-21-23-25-27-29-37(40)46-36(34-45-47(41,42)44-32-35(39)31-38)33-43-30-28-26-24-22-14-12-10-8-6-4-2/h35-36,38-39H,3-34H2,1-2H3,(H,41,42). The number of ether oxygens (including phenoxy) is 2. The van der Waals surface area contributed by atoms with Crippen molar-refractivity contribution in [2.75, 3.05) is 33.0 Å². The van der Waals surface area contributed by atoms with Gasteiger partial charge in [0, 0.05) is 13.0 Å². The van der Waals surface area contributed by atoms with E-state index in [4.69, 9.17) is 23.6 Å². The van der Waals surface area contributed by atoms with Gasteiger partial charge in [-0.15, -0.1) is 0 Å². The van der Waals surface area contributed by atoms with Crippen molar-refractivity contribution in [3.05, 3.63) is 0 Å². The molecule has 0 spiro atoms. The van der Waals surface area contributed by atoms with Gasteiger partial charge in [-0.1, -0.05) is 168 Å². The van der Waals surface area contributed by atoms with E-state index in [2.05, 4.69) is 13.8 Å². The zero-order valence-electron chi connectivity index (χ0n) is 30.5. The van der Waals surface area contributed by atoms with Crippen molar-refractivity contribution in [3.8, 4) is 0 Å². The molecule has 3 N–H and O–H groups in total. The Morgan fingerprint density at radius 3 is 1.38 bits per heavy atom. The molecular weight excluding hydrogens is 619 g/mol. The van der Waals surface area contributed by atoms with E-state index < -0.39 is 33.2 Å². The lowest BCUT2D eigenvalue weighted by molar-refractivity contribution is -0.154. The van der Waals surface area contributed by atoms with Gasteiger partial charge in [0.1, 0.15) is 12.2 Å². The fourth-order valence-corrected chi connectivity index (χ4v) is 6.32. The van der Waals surface area contributed by atoms with E-state index in [1.165, 1.54) is 135 Å². The first-order chi connectivity index (χ1) is 22.8. The summed E-state index contributed by atoms with van der Waals surface area (Å²) in [7, 11) is -4.50. The van der Waals surface area contributed by atoms with E-state index in [1.807, 2.05) is 0 Å². The maximum Gasteiger partial charge on any atom is 0.472 e. The van der Waals surface area contributed by atoms with Gasteiger partial charge in [0.05, 0.1) is 26.4 Å². The predicted molar refractivity (Wildman–Crippen MR) is 192 cm³/mol. The Morgan fingerprint density at radius 1 is 0.574 bits per heavy atom. The molecule has 0 fully saturated rings. The van der Waals surface area contributed by atoms with Gasteiger partial charge < -0.3 is 24.6 Å². The average Bonchev–Trinajstić information content (AvgIpc) is 3.06. The van der Waals surface area contributed by atoms with Gasteiger partial charge in [-0.05, 0) is 12.8 Å². The van der Waals surface area contributed by atoms with Crippen LogP contribution < -0.4 is 0 Å². The van der Waals surface area contributed by atoms with Crippen molar-refractivity contribution in [1.29, 1.82) is 0 Å². The van der Waals surface area contributed by atoms with E-state index in [0.29, 0.717) is 6.61 Å². The summed E-state index contributed by atoms with van der Waals surface area (Å²) in [6.07, 6.45) is 30.6. The molecule has 10 heteroatoms. The molecule has 0 radical (unpaired) electrons. The molecule has 0 bridgehead atoms. The summed E-state index contributed by atoms with van der Waals surface area (Å²) in [5.41, 5.74) is 0. The number of phosphoric acid groups is 1. The second-order valence-corrected chi connectivity index (χ2v) is 14.8. The Labute approximate surface area is 288 Å². The lowest BCUT2D eigenvalue weighted by Gasteiger charge is -2.20. The topological polar surface area (TPSA) is 132 Å². The van der Waals surface area contributed by atoms with Crippen LogP contribution in [-0.4, -0.2) is 66.3 Å². The normalized spacial score (nSPS) is 14.2. The number of rotatable bonds is 38. The zero-order valence-corrected chi connectivity index (χ0v) is 31.4. The Hall–Kier alpha value is -0.540. The quantitative estimate of drug-likeness (QED) is 0.0328. The highest BCUT2D eigenvalue weighted by atomic mass is 31.2. The molecule has 0 aliphatic carbocycles. The molecule has 0 rings (SSSR count). The summed E-state index contributed by atoms with van der Waals surface area (Å²) >= 11 is 0. The van der Waals surface area contributed by atoms with Crippen LogP contribution in [0.25, 0.3) is 0 Å². The van der Waals surface area contributed by atoms with E-state index in [0.717, 1.165) is 32.1 Å². The van der Waals surface area contributed by atoms with Crippen LogP contribution in [0.5, 0.6) is 0 Å². The molecule has 9 nitrogen and oxygen atoms in total. The van der Waals surface area contributed by atoms with Crippen molar-refractivity contribution >= 4 is 13.8 Å². The summed E-state index contributed by atoms with van der Waals surface area (Å²) < 4.78 is 33.2. The van der Waals surface area contributed by atoms with Crippen molar-refractivity contribution < 1.29 is 43.0 Å². The second-order valence-electron chi connectivity index (χ2n) is 13.3. The highest BCUT2D eigenvalue weighted by Crippen LogP contribution is 2.43. The molecule has 0 saturated heterocycles.